The van der Waals surface area contributed by atoms with E-state index < -0.39 is 6.10 Å². The van der Waals surface area contributed by atoms with E-state index in [2.05, 4.69) is 10.6 Å². The van der Waals surface area contributed by atoms with Crippen molar-refractivity contribution in [3.8, 4) is 0 Å². The Bertz CT molecular complexity index is 603. The number of nitrogens with one attached hydrogen (secondary N) is 2. The van der Waals surface area contributed by atoms with Gasteiger partial charge in [0.1, 0.15) is 0 Å². The van der Waals surface area contributed by atoms with E-state index in [4.69, 9.17) is 9.52 Å². The van der Waals surface area contributed by atoms with Gasteiger partial charge in [-0.1, -0.05) is 0 Å². The van der Waals surface area contributed by atoms with Gasteiger partial charge < -0.3 is 20.2 Å². The first kappa shape index (κ1) is 14.8. The Hall–Kier alpha value is -2.60. The average Bonchev–Trinajstić information content (AvgIpc) is 3.00. The van der Waals surface area contributed by atoms with Crippen molar-refractivity contribution in [3.05, 3.63) is 54.0 Å². The molecule has 0 aliphatic rings. The summed E-state index contributed by atoms with van der Waals surface area (Å²) in [6.45, 7) is 1.78. The van der Waals surface area contributed by atoms with Gasteiger partial charge in [-0.25, -0.2) is 0 Å². The molecule has 0 bridgehead atoms. The van der Waals surface area contributed by atoms with Gasteiger partial charge in [0, 0.05) is 17.8 Å². The van der Waals surface area contributed by atoms with Crippen LogP contribution < -0.4 is 10.6 Å². The summed E-state index contributed by atoms with van der Waals surface area (Å²) in [5.74, 6) is -0.417. The Balaban J connectivity index is 1.96. The van der Waals surface area contributed by atoms with Gasteiger partial charge in [0.25, 0.3) is 11.8 Å². The SMILES string of the molecule is CC(O)CNC(=O)c1ccc(NC(=O)c2ccco2)cc1. The third-order valence-electron chi connectivity index (χ3n) is 2.71. The Labute approximate surface area is 121 Å². The second-order valence-electron chi connectivity index (χ2n) is 4.57. The van der Waals surface area contributed by atoms with Crippen molar-refractivity contribution in [1.82, 2.24) is 5.32 Å². The average molecular weight is 288 g/mol. The molecule has 0 saturated carbocycles. The molecular formula is C15H16N2O4. The number of carbonyl (C=O) groups is 2. The smallest absolute Gasteiger partial charge is 0.291 e. The quantitative estimate of drug-likeness (QED) is 0.780. The number of aliphatic hydroxyl groups excluding tert-OH is 1. The van der Waals surface area contributed by atoms with Crippen molar-refractivity contribution in [1.29, 1.82) is 0 Å². The lowest BCUT2D eigenvalue weighted by molar-refractivity contribution is 0.0923. The maximum atomic E-state index is 11.8. The molecule has 0 saturated heterocycles. The van der Waals surface area contributed by atoms with Crippen LogP contribution in [0.2, 0.25) is 0 Å². The van der Waals surface area contributed by atoms with Crippen LogP contribution in [0.5, 0.6) is 0 Å². The lowest BCUT2D eigenvalue weighted by Gasteiger charge is -2.08. The molecule has 2 rings (SSSR count). The predicted octanol–water partition coefficient (Wildman–Crippen LogP) is 1.64. The summed E-state index contributed by atoms with van der Waals surface area (Å²) in [5, 5.41) is 14.4. The topological polar surface area (TPSA) is 91.6 Å². The highest BCUT2D eigenvalue weighted by molar-refractivity contribution is 6.02. The number of hydrogen-bond acceptors (Lipinski definition) is 4. The summed E-state index contributed by atoms with van der Waals surface area (Å²) in [5.41, 5.74) is 1.01. The van der Waals surface area contributed by atoms with Crippen molar-refractivity contribution in [3.63, 3.8) is 0 Å². The normalized spacial score (nSPS) is 11.7. The van der Waals surface area contributed by atoms with Crippen LogP contribution in [0.3, 0.4) is 0 Å². The minimum Gasteiger partial charge on any atom is -0.459 e. The summed E-state index contributed by atoms with van der Waals surface area (Å²) in [6.07, 6.45) is 0.825. The molecule has 1 heterocycles. The molecule has 0 aliphatic carbocycles. The molecule has 2 aromatic rings. The predicted molar refractivity (Wildman–Crippen MR) is 77.1 cm³/mol. The first-order chi connectivity index (χ1) is 10.1. The lowest BCUT2D eigenvalue weighted by atomic mass is 10.2. The molecular weight excluding hydrogens is 272 g/mol. The van der Waals surface area contributed by atoms with Gasteiger partial charge >= 0.3 is 0 Å². The van der Waals surface area contributed by atoms with Crippen LogP contribution in [0.1, 0.15) is 27.8 Å². The van der Waals surface area contributed by atoms with Crippen LogP contribution in [0.15, 0.2) is 47.1 Å². The van der Waals surface area contributed by atoms with Crippen molar-refractivity contribution in [2.75, 3.05) is 11.9 Å². The van der Waals surface area contributed by atoms with E-state index >= 15 is 0 Å². The fourth-order valence-electron chi connectivity index (χ4n) is 1.65. The van der Waals surface area contributed by atoms with Gasteiger partial charge in [-0.3, -0.25) is 9.59 Å². The van der Waals surface area contributed by atoms with Crippen molar-refractivity contribution >= 4 is 17.5 Å². The van der Waals surface area contributed by atoms with Gasteiger partial charge in [0.2, 0.25) is 0 Å². The molecule has 1 atom stereocenters. The van der Waals surface area contributed by atoms with Gasteiger partial charge in [-0.15, -0.1) is 0 Å². The highest BCUT2D eigenvalue weighted by atomic mass is 16.3. The number of benzene rings is 1. The Kier molecular flexibility index (Phi) is 4.73. The lowest BCUT2D eigenvalue weighted by Crippen LogP contribution is -2.30. The number of anilines is 1. The molecule has 3 N–H and O–H groups in total. The van der Waals surface area contributed by atoms with Gasteiger partial charge in [-0.05, 0) is 43.3 Å². The van der Waals surface area contributed by atoms with Crippen LogP contribution in [-0.2, 0) is 0 Å². The molecule has 0 aliphatic heterocycles. The van der Waals surface area contributed by atoms with E-state index in [-0.39, 0.29) is 24.1 Å². The zero-order valence-electron chi connectivity index (χ0n) is 11.5. The zero-order valence-corrected chi connectivity index (χ0v) is 11.5. The van der Waals surface area contributed by atoms with Crippen molar-refractivity contribution in [2.45, 2.75) is 13.0 Å². The molecule has 2 amide bonds. The maximum Gasteiger partial charge on any atom is 0.291 e. The van der Waals surface area contributed by atoms with Gasteiger partial charge in [0.15, 0.2) is 5.76 Å². The Morgan fingerprint density at radius 3 is 2.48 bits per heavy atom. The largest absolute Gasteiger partial charge is 0.459 e. The number of aliphatic hydroxyl groups is 1. The van der Waals surface area contributed by atoms with Crippen LogP contribution in [0.25, 0.3) is 0 Å². The third kappa shape index (κ3) is 4.19. The second kappa shape index (κ2) is 6.71. The van der Waals surface area contributed by atoms with E-state index in [1.165, 1.54) is 6.26 Å². The maximum absolute atomic E-state index is 11.8. The molecule has 0 radical (unpaired) electrons. The van der Waals surface area contributed by atoms with Gasteiger partial charge in [-0.2, -0.15) is 0 Å². The summed E-state index contributed by atoms with van der Waals surface area (Å²) in [4.78, 5) is 23.5. The minimum absolute atomic E-state index is 0.190. The Morgan fingerprint density at radius 2 is 1.90 bits per heavy atom. The van der Waals surface area contributed by atoms with Crippen molar-refractivity contribution in [2.24, 2.45) is 0 Å². The molecule has 6 heteroatoms. The first-order valence-corrected chi connectivity index (χ1v) is 6.47. The van der Waals surface area contributed by atoms with E-state index in [1.807, 2.05) is 0 Å². The fraction of sp³-hybridized carbons (Fsp3) is 0.200. The number of amides is 2. The van der Waals surface area contributed by atoms with Crippen LogP contribution in [0, 0.1) is 0 Å². The van der Waals surface area contributed by atoms with Crippen LogP contribution >= 0.6 is 0 Å². The summed E-state index contributed by atoms with van der Waals surface area (Å²) < 4.78 is 4.98. The zero-order chi connectivity index (χ0) is 15.2. The first-order valence-electron chi connectivity index (χ1n) is 6.47. The number of hydrogen-bond donors (Lipinski definition) is 3. The highest BCUT2D eigenvalue weighted by Gasteiger charge is 2.10. The molecule has 0 fully saturated rings. The van der Waals surface area contributed by atoms with E-state index in [0.29, 0.717) is 11.3 Å². The summed E-state index contributed by atoms with van der Waals surface area (Å²) in [7, 11) is 0. The standard InChI is InChI=1S/C15H16N2O4/c1-10(18)9-16-14(19)11-4-6-12(7-5-11)17-15(20)13-3-2-8-21-13/h2-8,10,18H,9H2,1H3,(H,16,19)(H,17,20). The fourth-order valence-corrected chi connectivity index (χ4v) is 1.65. The van der Waals surface area contributed by atoms with E-state index in [9.17, 15) is 9.59 Å². The molecule has 6 nitrogen and oxygen atoms in total. The van der Waals surface area contributed by atoms with E-state index in [1.54, 1.807) is 43.3 Å². The number of carbonyl (C=O) groups excluding carboxylic acids is 2. The second-order valence-corrected chi connectivity index (χ2v) is 4.57. The molecule has 1 unspecified atom stereocenters. The van der Waals surface area contributed by atoms with Crippen LogP contribution in [-0.4, -0.2) is 29.6 Å². The molecule has 1 aromatic heterocycles. The monoisotopic (exact) mass is 288 g/mol. The molecule has 21 heavy (non-hydrogen) atoms. The van der Waals surface area contributed by atoms with Crippen LogP contribution in [0.4, 0.5) is 5.69 Å². The number of rotatable bonds is 5. The Morgan fingerprint density at radius 1 is 1.19 bits per heavy atom. The minimum atomic E-state index is -0.596. The van der Waals surface area contributed by atoms with Gasteiger partial charge in [0.05, 0.1) is 12.4 Å². The van der Waals surface area contributed by atoms with Crippen molar-refractivity contribution < 1.29 is 19.1 Å². The van der Waals surface area contributed by atoms with E-state index in [0.717, 1.165) is 0 Å². The third-order valence-corrected chi connectivity index (χ3v) is 2.71. The summed E-state index contributed by atoms with van der Waals surface area (Å²) >= 11 is 0. The molecule has 1 aromatic carbocycles. The molecule has 0 spiro atoms. The molecule has 110 valence electrons. The number of furan rings is 1. The summed E-state index contributed by atoms with van der Waals surface area (Å²) in [6, 6.07) is 9.62. The highest BCUT2D eigenvalue weighted by Crippen LogP contribution is 2.11.